The minimum absolute atomic E-state index is 0.0876. The van der Waals surface area contributed by atoms with Gasteiger partial charge in [-0.25, -0.2) is 0 Å². The third-order valence-corrected chi connectivity index (χ3v) is 4.56. The fourth-order valence-electron chi connectivity index (χ4n) is 2.21. The second-order valence-electron chi connectivity index (χ2n) is 4.32. The van der Waals surface area contributed by atoms with Gasteiger partial charge in [-0.1, -0.05) is 29.8 Å². The Balaban J connectivity index is 2.09. The van der Waals surface area contributed by atoms with E-state index in [2.05, 4.69) is 22.4 Å². The summed E-state index contributed by atoms with van der Waals surface area (Å²) in [5.41, 5.74) is 2.14. The van der Waals surface area contributed by atoms with Crippen LogP contribution < -0.4 is 5.32 Å². The van der Waals surface area contributed by atoms with E-state index in [1.54, 1.807) is 11.3 Å². The summed E-state index contributed by atoms with van der Waals surface area (Å²) >= 11 is 7.89. The van der Waals surface area contributed by atoms with Crippen molar-refractivity contribution >= 4 is 33.8 Å². The van der Waals surface area contributed by atoms with Gasteiger partial charge >= 0.3 is 0 Å². The number of pyridine rings is 1. The number of hydrogen-bond acceptors (Lipinski definition) is 3. The molecule has 0 aliphatic carbocycles. The first kappa shape index (κ1) is 12.6. The molecule has 0 radical (unpaired) electrons. The van der Waals surface area contributed by atoms with Crippen molar-refractivity contribution in [2.45, 2.75) is 6.04 Å². The zero-order valence-corrected chi connectivity index (χ0v) is 12.0. The van der Waals surface area contributed by atoms with E-state index in [4.69, 9.17) is 11.6 Å². The van der Waals surface area contributed by atoms with Gasteiger partial charge in [0.15, 0.2) is 0 Å². The lowest BCUT2D eigenvalue weighted by molar-refractivity contribution is 0.702. The first-order valence-electron chi connectivity index (χ1n) is 6.04. The number of fused-ring (bicyclic) bond motifs is 1. The predicted molar refractivity (Wildman–Crippen MR) is 82.0 cm³/mol. The van der Waals surface area contributed by atoms with E-state index in [1.807, 2.05) is 42.9 Å². The van der Waals surface area contributed by atoms with Crippen LogP contribution in [0.5, 0.6) is 0 Å². The van der Waals surface area contributed by atoms with E-state index in [-0.39, 0.29) is 6.04 Å². The maximum Gasteiger partial charge on any atom is 0.0702 e. The Labute approximate surface area is 121 Å². The van der Waals surface area contributed by atoms with Crippen LogP contribution in [0, 0.1) is 0 Å². The Bertz CT molecular complexity index is 708. The van der Waals surface area contributed by atoms with Crippen LogP contribution in [-0.2, 0) is 0 Å². The van der Waals surface area contributed by atoms with E-state index >= 15 is 0 Å². The lowest BCUT2D eigenvalue weighted by atomic mass is 10.1. The lowest BCUT2D eigenvalue weighted by Gasteiger charge is -2.16. The quantitative estimate of drug-likeness (QED) is 0.779. The van der Waals surface area contributed by atoms with Gasteiger partial charge in [-0.05, 0) is 36.2 Å². The van der Waals surface area contributed by atoms with Gasteiger partial charge < -0.3 is 5.32 Å². The Kier molecular flexibility index (Phi) is 3.51. The number of rotatable bonds is 3. The van der Waals surface area contributed by atoms with Gasteiger partial charge in [-0.3, -0.25) is 4.98 Å². The van der Waals surface area contributed by atoms with Crippen LogP contribution in [0.25, 0.3) is 10.9 Å². The molecular formula is C15H13ClN2S. The number of thiophene rings is 1. The van der Waals surface area contributed by atoms with Crippen LogP contribution in [0.2, 0.25) is 5.02 Å². The first-order valence-corrected chi connectivity index (χ1v) is 7.30. The van der Waals surface area contributed by atoms with Gasteiger partial charge in [-0.15, -0.1) is 11.3 Å². The Hall–Kier alpha value is -1.42. The molecule has 0 spiro atoms. The molecule has 1 aromatic carbocycles. The molecule has 0 amide bonds. The maximum atomic E-state index is 6.23. The smallest absolute Gasteiger partial charge is 0.0702 e. The molecule has 0 bridgehead atoms. The molecule has 1 unspecified atom stereocenters. The van der Waals surface area contributed by atoms with Crippen molar-refractivity contribution in [3.63, 3.8) is 0 Å². The molecular weight excluding hydrogens is 276 g/mol. The van der Waals surface area contributed by atoms with Crippen LogP contribution in [-0.4, -0.2) is 12.0 Å². The van der Waals surface area contributed by atoms with E-state index in [1.165, 1.54) is 0 Å². The van der Waals surface area contributed by atoms with Crippen molar-refractivity contribution in [2.75, 3.05) is 7.05 Å². The van der Waals surface area contributed by atoms with Crippen LogP contribution in [0.4, 0.5) is 0 Å². The fourth-order valence-corrected chi connectivity index (χ4v) is 3.51. The van der Waals surface area contributed by atoms with Gasteiger partial charge in [0.05, 0.1) is 16.6 Å². The zero-order chi connectivity index (χ0) is 13.2. The third kappa shape index (κ3) is 2.37. The minimum Gasteiger partial charge on any atom is -0.309 e. The Morgan fingerprint density at radius 1 is 1.26 bits per heavy atom. The number of aromatic nitrogens is 1. The van der Waals surface area contributed by atoms with Crippen molar-refractivity contribution in [2.24, 2.45) is 0 Å². The Morgan fingerprint density at radius 3 is 2.84 bits per heavy atom. The Morgan fingerprint density at radius 2 is 2.11 bits per heavy atom. The molecule has 96 valence electrons. The molecule has 3 rings (SSSR count). The second-order valence-corrected chi connectivity index (χ2v) is 5.67. The van der Waals surface area contributed by atoms with Crippen molar-refractivity contribution < 1.29 is 0 Å². The molecule has 2 heterocycles. The molecule has 1 atom stereocenters. The van der Waals surface area contributed by atoms with Gasteiger partial charge in [0.25, 0.3) is 0 Å². The number of nitrogens with zero attached hydrogens (tertiary/aromatic N) is 1. The van der Waals surface area contributed by atoms with Gasteiger partial charge in [-0.2, -0.15) is 0 Å². The zero-order valence-electron chi connectivity index (χ0n) is 10.4. The largest absolute Gasteiger partial charge is 0.309 e. The SMILES string of the molecule is CNC(c1cnc2ccccc2c1)c1sccc1Cl. The lowest BCUT2D eigenvalue weighted by Crippen LogP contribution is -2.17. The summed E-state index contributed by atoms with van der Waals surface area (Å²) in [6, 6.07) is 12.3. The van der Waals surface area contributed by atoms with Gasteiger partial charge in [0, 0.05) is 16.5 Å². The van der Waals surface area contributed by atoms with Crippen LogP contribution in [0.1, 0.15) is 16.5 Å². The van der Waals surface area contributed by atoms with Crippen molar-refractivity contribution in [3.05, 3.63) is 63.4 Å². The number of hydrogen-bond donors (Lipinski definition) is 1. The summed E-state index contributed by atoms with van der Waals surface area (Å²) in [7, 11) is 1.94. The van der Waals surface area contributed by atoms with E-state index in [0.29, 0.717) is 0 Å². The average Bonchev–Trinajstić information content (AvgIpc) is 2.86. The first-order chi connectivity index (χ1) is 9.29. The molecule has 0 saturated carbocycles. The highest BCUT2D eigenvalue weighted by Gasteiger charge is 2.17. The average molecular weight is 289 g/mol. The standard InChI is InChI=1S/C15H13ClN2S/c1-17-14(15-12(16)6-7-19-15)11-8-10-4-2-3-5-13(10)18-9-11/h2-9,14,17H,1H3. The molecule has 4 heteroatoms. The van der Waals surface area contributed by atoms with Crippen molar-refractivity contribution in [1.82, 2.24) is 10.3 Å². The molecule has 0 saturated heterocycles. The molecule has 3 aromatic rings. The number of halogens is 1. The maximum absolute atomic E-state index is 6.23. The summed E-state index contributed by atoms with van der Waals surface area (Å²) in [6.45, 7) is 0. The summed E-state index contributed by atoms with van der Waals surface area (Å²) in [5, 5.41) is 7.27. The van der Waals surface area contributed by atoms with Crippen LogP contribution >= 0.6 is 22.9 Å². The summed E-state index contributed by atoms with van der Waals surface area (Å²) in [5.74, 6) is 0. The molecule has 0 aliphatic heterocycles. The second kappa shape index (κ2) is 5.29. The number of nitrogens with one attached hydrogen (secondary N) is 1. The highest BCUT2D eigenvalue weighted by molar-refractivity contribution is 7.10. The predicted octanol–water partition coefficient (Wildman–Crippen LogP) is 4.26. The van der Waals surface area contributed by atoms with Crippen molar-refractivity contribution in [3.8, 4) is 0 Å². The summed E-state index contributed by atoms with van der Waals surface area (Å²) in [6.07, 6.45) is 1.92. The molecule has 0 fully saturated rings. The van der Waals surface area contributed by atoms with Gasteiger partial charge in [0.2, 0.25) is 0 Å². The number of para-hydroxylation sites is 1. The number of benzene rings is 1. The van der Waals surface area contributed by atoms with E-state index in [9.17, 15) is 0 Å². The van der Waals surface area contributed by atoms with Crippen LogP contribution in [0.3, 0.4) is 0 Å². The van der Waals surface area contributed by atoms with Crippen LogP contribution in [0.15, 0.2) is 48.0 Å². The van der Waals surface area contributed by atoms with E-state index in [0.717, 1.165) is 26.4 Å². The molecule has 2 aromatic heterocycles. The highest BCUT2D eigenvalue weighted by Crippen LogP contribution is 2.33. The topological polar surface area (TPSA) is 24.9 Å². The normalized spacial score (nSPS) is 12.7. The highest BCUT2D eigenvalue weighted by atomic mass is 35.5. The summed E-state index contributed by atoms with van der Waals surface area (Å²) < 4.78 is 0. The molecule has 2 nitrogen and oxygen atoms in total. The monoisotopic (exact) mass is 288 g/mol. The molecule has 1 N–H and O–H groups in total. The summed E-state index contributed by atoms with van der Waals surface area (Å²) in [4.78, 5) is 5.64. The molecule has 19 heavy (non-hydrogen) atoms. The van der Waals surface area contributed by atoms with Crippen molar-refractivity contribution in [1.29, 1.82) is 0 Å². The fraction of sp³-hybridized carbons (Fsp3) is 0.133. The van der Waals surface area contributed by atoms with Gasteiger partial charge in [0.1, 0.15) is 0 Å². The molecule has 0 aliphatic rings. The minimum atomic E-state index is 0.0876. The third-order valence-electron chi connectivity index (χ3n) is 3.14. The van der Waals surface area contributed by atoms with E-state index < -0.39 is 0 Å².